The Balaban J connectivity index is 1.86. The Bertz CT molecular complexity index is 1320. The number of hydrogen-bond donors (Lipinski definition) is 1. The maximum absolute atomic E-state index is 13.3. The van der Waals surface area contributed by atoms with E-state index in [0.717, 1.165) is 49.9 Å². The first-order valence-electron chi connectivity index (χ1n) is 11.4. The lowest BCUT2D eigenvalue weighted by atomic mass is 10.1. The summed E-state index contributed by atoms with van der Waals surface area (Å²) in [6, 6.07) is 14.0. The molecule has 4 aromatic rings. The van der Waals surface area contributed by atoms with Gasteiger partial charge in [0.2, 0.25) is 5.13 Å². The number of benzene rings is 2. The smallest absolute Gasteiger partial charge is 0.274 e. The molecule has 178 valence electrons. The van der Waals surface area contributed by atoms with E-state index in [1.165, 1.54) is 0 Å². The van der Waals surface area contributed by atoms with Crippen LogP contribution in [0.1, 0.15) is 47.1 Å². The Labute approximate surface area is 204 Å². The largest absolute Gasteiger partial charge is 0.497 e. The molecule has 4 rings (SSSR count). The van der Waals surface area contributed by atoms with Crippen molar-refractivity contribution in [3.63, 3.8) is 0 Å². The van der Waals surface area contributed by atoms with Crippen LogP contribution < -0.4 is 10.5 Å². The van der Waals surface area contributed by atoms with Crippen LogP contribution in [0.15, 0.2) is 42.5 Å². The highest BCUT2D eigenvalue weighted by atomic mass is 32.1. The van der Waals surface area contributed by atoms with E-state index in [2.05, 4.69) is 13.8 Å². The summed E-state index contributed by atoms with van der Waals surface area (Å²) in [6.45, 7) is 7.46. The minimum atomic E-state index is -0.114. The third kappa shape index (κ3) is 4.56. The van der Waals surface area contributed by atoms with Crippen LogP contribution in [0, 0.1) is 6.92 Å². The number of hydrogen-bond acceptors (Lipinski definition) is 6. The Kier molecular flexibility index (Phi) is 7.00. The second-order valence-corrected chi connectivity index (χ2v) is 9.76. The topological polar surface area (TPSA) is 86.3 Å². The van der Waals surface area contributed by atoms with Crippen molar-refractivity contribution in [1.29, 1.82) is 0 Å². The van der Waals surface area contributed by atoms with Crippen molar-refractivity contribution in [2.45, 2.75) is 33.1 Å². The summed E-state index contributed by atoms with van der Waals surface area (Å²) in [5, 5.41) is 6.35. The van der Waals surface area contributed by atoms with Crippen molar-refractivity contribution >= 4 is 28.1 Å². The lowest BCUT2D eigenvalue weighted by molar-refractivity contribution is 0.0790. The van der Waals surface area contributed by atoms with Crippen LogP contribution in [0.2, 0.25) is 0 Å². The minimum absolute atomic E-state index is 0.114. The number of thiazole rings is 1. The Morgan fingerprint density at radius 3 is 2.74 bits per heavy atom. The van der Waals surface area contributed by atoms with Gasteiger partial charge in [-0.05, 0) is 50.1 Å². The number of carbonyl (C=O) groups is 1. The van der Waals surface area contributed by atoms with Gasteiger partial charge in [-0.25, -0.2) is 9.67 Å². The van der Waals surface area contributed by atoms with Crippen LogP contribution >= 0.6 is 11.3 Å². The number of nitrogens with zero attached hydrogens (tertiary/aromatic N) is 4. The van der Waals surface area contributed by atoms with Gasteiger partial charge in [-0.1, -0.05) is 48.9 Å². The SMILES string of the molecule is COc1cccc(-c2nc(-n3nc(C(=O)N(C)CCCN)c4cc(C)ccc43)sc2C(C)C)c1. The molecule has 0 saturated heterocycles. The van der Waals surface area contributed by atoms with Gasteiger partial charge in [0.15, 0.2) is 5.69 Å². The molecule has 0 spiro atoms. The minimum Gasteiger partial charge on any atom is -0.497 e. The molecule has 0 atom stereocenters. The van der Waals surface area contributed by atoms with E-state index in [9.17, 15) is 4.79 Å². The second-order valence-electron chi connectivity index (χ2n) is 8.75. The fourth-order valence-corrected chi connectivity index (χ4v) is 4.98. The molecule has 0 fully saturated rings. The quantitative estimate of drug-likeness (QED) is 0.385. The van der Waals surface area contributed by atoms with Gasteiger partial charge in [0.1, 0.15) is 5.75 Å². The average molecular weight is 478 g/mol. The number of fused-ring (bicyclic) bond motifs is 1. The lowest BCUT2D eigenvalue weighted by Crippen LogP contribution is -2.29. The summed E-state index contributed by atoms with van der Waals surface area (Å²) < 4.78 is 7.23. The van der Waals surface area contributed by atoms with Gasteiger partial charge in [0, 0.05) is 29.4 Å². The maximum atomic E-state index is 13.3. The maximum Gasteiger partial charge on any atom is 0.274 e. The molecular weight excluding hydrogens is 446 g/mol. The zero-order valence-corrected chi connectivity index (χ0v) is 21.1. The van der Waals surface area contributed by atoms with Crippen LogP contribution in [0.5, 0.6) is 5.75 Å². The molecule has 2 heterocycles. The molecule has 34 heavy (non-hydrogen) atoms. The molecule has 0 aliphatic heterocycles. The molecule has 7 nitrogen and oxygen atoms in total. The zero-order valence-electron chi connectivity index (χ0n) is 20.3. The summed E-state index contributed by atoms with van der Waals surface area (Å²) in [4.78, 5) is 21.1. The van der Waals surface area contributed by atoms with Gasteiger partial charge in [0.05, 0.1) is 18.3 Å². The first-order chi connectivity index (χ1) is 16.3. The van der Waals surface area contributed by atoms with Crippen molar-refractivity contribution in [2.75, 3.05) is 27.2 Å². The predicted molar refractivity (Wildman–Crippen MR) is 138 cm³/mol. The molecule has 0 aliphatic carbocycles. The predicted octanol–water partition coefficient (Wildman–Crippen LogP) is 5.01. The van der Waals surface area contributed by atoms with Gasteiger partial charge in [-0.15, -0.1) is 0 Å². The molecule has 0 saturated carbocycles. The summed E-state index contributed by atoms with van der Waals surface area (Å²) in [5.41, 5.74) is 9.92. The number of amides is 1. The van der Waals surface area contributed by atoms with Crippen LogP contribution in [-0.4, -0.2) is 52.8 Å². The Hall–Kier alpha value is -3.23. The highest BCUT2D eigenvalue weighted by molar-refractivity contribution is 7.14. The van der Waals surface area contributed by atoms with Crippen molar-refractivity contribution in [3.8, 4) is 22.1 Å². The summed E-state index contributed by atoms with van der Waals surface area (Å²) in [6.07, 6.45) is 0.744. The van der Waals surface area contributed by atoms with Crippen LogP contribution in [0.25, 0.3) is 27.3 Å². The van der Waals surface area contributed by atoms with E-state index in [-0.39, 0.29) is 11.8 Å². The number of methoxy groups -OCH3 is 1. The lowest BCUT2D eigenvalue weighted by Gasteiger charge is -2.15. The normalized spacial score (nSPS) is 11.4. The molecule has 8 heteroatoms. The number of carbonyl (C=O) groups excluding carboxylic acids is 1. The molecule has 0 radical (unpaired) electrons. The van der Waals surface area contributed by atoms with Crippen molar-refractivity contribution in [3.05, 3.63) is 58.6 Å². The van der Waals surface area contributed by atoms with Crippen LogP contribution in [0.4, 0.5) is 0 Å². The van der Waals surface area contributed by atoms with Gasteiger partial charge in [0.25, 0.3) is 5.91 Å². The summed E-state index contributed by atoms with van der Waals surface area (Å²) in [7, 11) is 3.45. The van der Waals surface area contributed by atoms with Crippen LogP contribution in [0.3, 0.4) is 0 Å². The Morgan fingerprint density at radius 2 is 2.03 bits per heavy atom. The third-order valence-corrected chi connectivity index (χ3v) is 7.10. The Morgan fingerprint density at radius 1 is 1.24 bits per heavy atom. The highest BCUT2D eigenvalue weighted by Gasteiger charge is 2.24. The second kappa shape index (κ2) is 9.95. The number of ether oxygens (including phenoxy) is 1. The van der Waals surface area contributed by atoms with Crippen molar-refractivity contribution < 1.29 is 9.53 Å². The molecule has 2 N–H and O–H groups in total. The van der Waals surface area contributed by atoms with E-state index in [1.807, 2.05) is 49.4 Å². The highest BCUT2D eigenvalue weighted by Crippen LogP contribution is 2.37. The molecule has 2 aromatic heterocycles. The molecule has 0 aliphatic rings. The number of rotatable bonds is 8. The first kappa shape index (κ1) is 23.9. The summed E-state index contributed by atoms with van der Waals surface area (Å²) >= 11 is 1.60. The number of nitrogens with two attached hydrogens (primary N) is 1. The number of aryl methyl sites for hydroxylation is 1. The first-order valence-corrected chi connectivity index (χ1v) is 12.3. The van der Waals surface area contributed by atoms with Gasteiger partial charge < -0.3 is 15.4 Å². The van der Waals surface area contributed by atoms with E-state index < -0.39 is 0 Å². The zero-order chi connectivity index (χ0) is 24.4. The molecular formula is C26H31N5O2S. The fourth-order valence-electron chi connectivity index (χ4n) is 3.93. The fraction of sp³-hybridized carbons (Fsp3) is 0.346. The molecule has 1 amide bonds. The van der Waals surface area contributed by atoms with E-state index in [0.29, 0.717) is 18.8 Å². The van der Waals surface area contributed by atoms with Gasteiger partial charge in [-0.2, -0.15) is 5.10 Å². The van der Waals surface area contributed by atoms with Gasteiger partial charge in [-0.3, -0.25) is 4.79 Å². The van der Waals surface area contributed by atoms with Gasteiger partial charge >= 0.3 is 0 Å². The monoisotopic (exact) mass is 477 g/mol. The van der Waals surface area contributed by atoms with E-state index in [1.54, 1.807) is 35.1 Å². The molecule has 0 unspecified atom stereocenters. The average Bonchev–Trinajstić information content (AvgIpc) is 3.44. The molecule has 0 bridgehead atoms. The van der Waals surface area contributed by atoms with E-state index >= 15 is 0 Å². The number of aromatic nitrogens is 3. The van der Waals surface area contributed by atoms with Crippen LogP contribution in [-0.2, 0) is 0 Å². The third-order valence-electron chi connectivity index (χ3n) is 5.77. The van der Waals surface area contributed by atoms with Crippen molar-refractivity contribution in [1.82, 2.24) is 19.7 Å². The summed E-state index contributed by atoms with van der Waals surface area (Å²) in [5.74, 6) is 0.951. The standard InChI is InChI=1S/C26H31N5O2S/c1-16(2)24-22(18-8-6-9-19(15-18)33-5)28-26(34-24)31-21-11-10-17(3)14-20(21)23(29-31)25(32)30(4)13-7-12-27/h6,8-11,14-16H,7,12-13,27H2,1-5H3. The van der Waals surface area contributed by atoms with E-state index in [4.69, 9.17) is 20.6 Å². The van der Waals surface area contributed by atoms with Crippen molar-refractivity contribution in [2.24, 2.45) is 5.73 Å². The molecule has 2 aromatic carbocycles.